The Hall–Kier alpha value is -2.21. The molecule has 0 spiro atoms. The van der Waals surface area contributed by atoms with Crippen molar-refractivity contribution < 1.29 is 9.32 Å². The van der Waals surface area contributed by atoms with Gasteiger partial charge in [-0.25, -0.2) is 0 Å². The van der Waals surface area contributed by atoms with Crippen molar-refractivity contribution in [2.45, 2.75) is 19.5 Å². The van der Waals surface area contributed by atoms with Crippen LogP contribution >= 0.6 is 0 Å². The maximum atomic E-state index is 12.0. The number of nitrogens with zero attached hydrogens (tertiary/aromatic N) is 2. The van der Waals surface area contributed by atoms with Crippen molar-refractivity contribution in [3.63, 3.8) is 0 Å². The van der Waals surface area contributed by atoms with Crippen molar-refractivity contribution in [3.05, 3.63) is 47.1 Å². The zero-order valence-electron chi connectivity index (χ0n) is 10.3. The van der Waals surface area contributed by atoms with Crippen LogP contribution in [-0.2, 0) is 19.5 Å². The number of rotatable bonds is 4. The van der Waals surface area contributed by atoms with Crippen LogP contribution in [0.1, 0.15) is 27.3 Å². The van der Waals surface area contributed by atoms with E-state index in [9.17, 15) is 4.79 Å². The van der Waals surface area contributed by atoms with Crippen molar-refractivity contribution in [1.29, 1.82) is 0 Å². The van der Waals surface area contributed by atoms with E-state index in [1.165, 1.54) is 17.5 Å². The molecule has 6 heteroatoms. The number of hydrogen-bond acceptors (Lipinski definition) is 5. The highest BCUT2D eigenvalue weighted by molar-refractivity contribution is 5.94. The van der Waals surface area contributed by atoms with Gasteiger partial charge in [0.1, 0.15) is 0 Å². The highest BCUT2D eigenvalue weighted by Crippen LogP contribution is 2.16. The first-order valence-electron chi connectivity index (χ1n) is 6.19. The minimum atomic E-state index is -0.0711. The molecule has 2 heterocycles. The summed E-state index contributed by atoms with van der Waals surface area (Å²) in [5.74, 6) is 0.525. The van der Waals surface area contributed by atoms with Crippen LogP contribution in [0.5, 0.6) is 0 Å². The quantitative estimate of drug-likeness (QED) is 0.841. The number of benzene rings is 1. The predicted molar refractivity (Wildman–Crippen MR) is 67.3 cm³/mol. The van der Waals surface area contributed by atoms with Gasteiger partial charge < -0.3 is 15.2 Å². The zero-order chi connectivity index (χ0) is 13.1. The first kappa shape index (κ1) is 11.9. The lowest BCUT2D eigenvalue weighted by atomic mass is 10.1. The molecule has 2 N–H and O–H groups in total. The van der Waals surface area contributed by atoms with E-state index < -0.39 is 0 Å². The van der Waals surface area contributed by atoms with Gasteiger partial charge in [-0.2, -0.15) is 4.98 Å². The largest absolute Gasteiger partial charge is 0.352 e. The molecule has 1 amide bonds. The molecule has 19 heavy (non-hydrogen) atoms. The fourth-order valence-electron chi connectivity index (χ4n) is 2.13. The standard InChI is InChI=1S/C13H14N4O2/c18-13(15-4-3-12-16-8-19-17-12)9-1-2-10-6-14-7-11(10)5-9/h1-2,5,8,14H,3-4,6-7H2,(H,15,18). The number of aromatic nitrogens is 2. The summed E-state index contributed by atoms with van der Waals surface area (Å²) < 4.78 is 4.63. The molecule has 0 bridgehead atoms. The highest BCUT2D eigenvalue weighted by atomic mass is 16.5. The second kappa shape index (κ2) is 5.19. The molecule has 0 atom stereocenters. The summed E-state index contributed by atoms with van der Waals surface area (Å²) in [4.78, 5) is 15.9. The average molecular weight is 258 g/mol. The molecule has 2 aromatic rings. The number of fused-ring (bicyclic) bond motifs is 1. The molecule has 1 aromatic carbocycles. The first-order valence-corrected chi connectivity index (χ1v) is 6.19. The molecule has 1 aliphatic rings. The van der Waals surface area contributed by atoms with E-state index in [1.54, 1.807) is 0 Å². The molecule has 98 valence electrons. The number of hydrogen-bond donors (Lipinski definition) is 2. The molecule has 0 radical (unpaired) electrons. The van der Waals surface area contributed by atoms with Crippen LogP contribution in [0.3, 0.4) is 0 Å². The molecule has 0 saturated heterocycles. The van der Waals surface area contributed by atoms with Crippen molar-refractivity contribution >= 4 is 5.91 Å². The molecule has 1 aliphatic heterocycles. The van der Waals surface area contributed by atoms with Crippen LogP contribution in [0.15, 0.2) is 29.1 Å². The fourth-order valence-corrected chi connectivity index (χ4v) is 2.13. The summed E-state index contributed by atoms with van der Waals surface area (Å²) >= 11 is 0. The third-order valence-electron chi connectivity index (χ3n) is 3.14. The van der Waals surface area contributed by atoms with E-state index in [0.717, 1.165) is 13.1 Å². The molecule has 6 nitrogen and oxygen atoms in total. The van der Waals surface area contributed by atoms with Gasteiger partial charge in [-0.05, 0) is 23.3 Å². The Labute approximate surface area is 110 Å². The van der Waals surface area contributed by atoms with Crippen LogP contribution in [-0.4, -0.2) is 22.6 Å². The molecule has 3 rings (SSSR count). The average Bonchev–Trinajstić information content (AvgIpc) is 3.08. The Kier molecular flexibility index (Phi) is 3.24. The monoisotopic (exact) mass is 258 g/mol. The Morgan fingerprint density at radius 2 is 2.26 bits per heavy atom. The maximum Gasteiger partial charge on any atom is 0.251 e. The minimum Gasteiger partial charge on any atom is -0.352 e. The molecule has 0 aliphatic carbocycles. The molecule has 0 fully saturated rings. The van der Waals surface area contributed by atoms with Crippen molar-refractivity contribution in [2.24, 2.45) is 0 Å². The summed E-state index contributed by atoms with van der Waals surface area (Å²) in [5.41, 5.74) is 3.16. The SMILES string of the molecule is O=C(NCCc1ncon1)c1ccc2c(c1)CNC2. The van der Waals surface area contributed by atoms with Crippen molar-refractivity contribution in [2.75, 3.05) is 6.54 Å². The molecule has 0 saturated carbocycles. The zero-order valence-corrected chi connectivity index (χ0v) is 10.3. The van der Waals surface area contributed by atoms with Crippen LogP contribution in [0.2, 0.25) is 0 Å². The lowest BCUT2D eigenvalue weighted by Gasteiger charge is -2.05. The summed E-state index contributed by atoms with van der Waals surface area (Å²) in [6, 6.07) is 5.80. The van der Waals surface area contributed by atoms with E-state index >= 15 is 0 Å². The normalized spacial score (nSPS) is 13.3. The van der Waals surface area contributed by atoms with E-state index in [2.05, 4.69) is 25.3 Å². The van der Waals surface area contributed by atoms with Gasteiger partial charge in [-0.15, -0.1) is 0 Å². The second-order valence-electron chi connectivity index (χ2n) is 4.44. The molecular weight excluding hydrogens is 244 g/mol. The smallest absolute Gasteiger partial charge is 0.251 e. The van der Waals surface area contributed by atoms with Crippen LogP contribution in [0.4, 0.5) is 0 Å². The van der Waals surface area contributed by atoms with Gasteiger partial charge in [0.05, 0.1) is 0 Å². The van der Waals surface area contributed by atoms with Crippen molar-refractivity contribution in [1.82, 2.24) is 20.8 Å². The number of carbonyl (C=O) groups is 1. The van der Waals surface area contributed by atoms with Gasteiger partial charge in [0, 0.05) is 31.6 Å². The first-order chi connectivity index (χ1) is 9.33. The Morgan fingerprint density at radius 3 is 3.11 bits per heavy atom. The van der Waals surface area contributed by atoms with Gasteiger partial charge in [0.25, 0.3) is 5.91 Å². The number of amides is 1. The lowest BCUT2D eigenvalue weighted by Crippen LogP contribution is -2.26. The molecular formula is C13H14N4O2. The Balaban J connectivity index is 1.58. The van der Waals surface area contributed by atoms with E-state index in [1.807, 2.05) is 18.2 Å². The van der Waals surface area contributed by atoms with Gasteiger partial charge in [0.2, 0.25) is 6.39 Å². The molecule has 1 aromatic heterocycles. The summed E-state index contributed by atoms with van der Waals surface area (Å²) in [7, 11) is 0. The van der Waals surface area contributed by atoms with Crippen molar-refractivity contribution in [3.8, 4) is 0 Å². The lowest BCUT2D eigenvalue weighted by molar-refractivity contribution is 0.0954. The summed E-state index contributed by atoms with van der Waals surface area (Å²) in [6.07, 6.45) is 1.85. The Morgan fingerprint density at radius 1 is 1.37 bits per heavy atom. The van der Waals surface area contributed by atoms with Gasteiger partial charge >= 0.3 is 0 Å². The topological polar surface area (TPSA) is 80.1 Å². The van der Waals surface area contributed by atoms with Crippen LogP contribution in [0, 0.1) is 0 Å². The van der Waals surface area contributed by atoms with Gasteiger partial charge in [-0.1, -0.05) is 11.2 Å². The summed E-state index contributed by atoms with van der Waals surface area (Å²) in [5, 5.41) is 9.79. The minimum absolute atomic E-state index is 0.0711. The number of carbonyl (C=O) groups excluding carboxylic acids is 1. The van der Waals surface area contributed by atoms with Gasteiger partial charge in [0.15, 0.2) is 5.82 Å². The van der Waals surface area contributed by atoms with Crippen LogP contribution in [0.25, 0.3) is 0 Å². The van der Waals surface area contributed by atoms with Crippen LogP contribution < -0.4 is 10.6 Å². The summed E-state index contributed by atoms with van der Waals surface area (Å²) in [6.45, 7) is 2.21. The predicted octanol–water partition coefficient (Wildman–Crippen LogP) is 0.645. The Bertz CT molecular complexity index is 580. The van der Waals surface area contributed by atoms with E-state index in [0.29, 0.717) is 24.4 Å². The van der Waals surface area contributed by atoms with E-state index in [4.69, 9.17) is 0 Å². The van der Waals surface area contributed by atoms with E-state index in [-0.39, 0.29) is 5.91 Å². The maximum absolute atomic E-state index is 12.0. The third kappa shape index (κ3) is 2.63. The fraction of sp³-hybridized carbons (Fsp3) is 0.308. The van der Waals surface area contributed by atoms with Gasteiger partial charge in [-0.3, -0.25) is 4.79 Å². The molecule has 0 unspecified atom stereocenters. The second-order valence-corrected chi connectivity index (χ2v) is 4.44. The number of nitrogens with one attached hydrogen (secondary N) is 2. The third-order valence-corrected chi connectivity index (χ3v) is 3.14. The highest BCUT2D eigenvalue weighted by Gasteiger charge is 2.13.